The predicted molar refractivity (Wildman–Crippen MR) is 53.0 cm³/mol. The van der Waals surface area contributed by atoms with Gasteiger partial charge in [0, 0.05) is 10.7 Å². The second kappa shape index (κ2) is 5.42. The van der Waals surface area contributed by atoms with Gasteiger partial charge in [0.15, 0.2) is 6.61 Å². The van der Waals surface area contributed by atoms with Crippen LogP contribution in [-0.4, -0.2) is 28.6 Å². The highest BCUT2D eigenvalue weighted by atomic mass is 79.9. The van der Waals surface area contributed by atoms with Gasteiger partial charge < -0.3 is 5.11 Å². The zero-order chi connectivity index (χ0) is 11.3. The van der Waals surface area contributed by atoms with E-state index >= 15 is 0 Å². The molecule has 7 heteroatoms. The summed E-state index contributed by atoms with van der Waals surface area (Å²) in [6.45, 7) is -0.601. The van der Waals surface area contributed by atoms with Crippen LogP contribution in [0.15, 0.2) is 22.8 Å². The molecule has 0 aromatic carbocycles. The number of hydrogen-bond donors (Lipinski definition) is 2. The molecule has 0 radical (unpaired) electrons. The van der Waals surface area contributed by atoms with Gasteiger partial charge in [-0.2, -0.15) is 0 Å². The van der Waals surface area contributed by atoms with Gasteiger partial charge in [0.2, 0.25) is 0 Å². The van der Waals surface area contributed by atoms with Crippen LogP contribution in [0.3, 0.4) is 0 Å². The molecule has 80 valence electrons. The van der Waals surface area contributed by atoms with Crippen molar-refractivity contribution < 1.29 is 19.5 Å². The minimum atomic E-state index is -1.17. The maximum absolute atomic E-state index is 11.3. The van der Waals surface area contributed by atoms with Gasteiger partial charge in [0.1, 0.15) is 5.69 Å². The van der Waals surface area contributed by atoms with Crippen molar-refractivity contribution in [2.45, 2.75) is 0 Å². The summed E-state index contributed by atoms with van der Waals surface area (Å²) < 4.78 is 0.501. The molecule has 0 aliphatic rings. The van der Waals surface area contributed by atoms with E-state index in [2.05, 4.69) is 25.8 Å². The van der Waals surface area contributed by atoms with Crippen LogP contribution in [0.4, 0.5) is 0 Å². The van der Waals surface area contributed by atoms with Crippen molar-refractivity contribution in [3.05, 3.63) is 28.5 Å². The van der Waals surface area contributed by atoms with Crippen LogP contribution >= 0.6 is 15.9 Å². The first-order valence-electron chi connectivity index (χ1n) is 3.85. The monoisotopic (exact) mass is 274 g/mol. The van der Waals surface area contributed by atoms with Gasteiger partial charge in [-0.25, -0.2) is 15.3 Å². The van der Waals surface area contributed by atoms with E-state index in [9.17, 15) is 9.59 Å². The Kier molecular flexibility index (Phi) is 4.19. The van der Waals surface area contributed by atoms with E-state index in [0.717, 1.165) is 0 Å². The van der Waals surface area contributed by atoms with Crippen molar-refractivity contribution in [1.82, 2.24) is 10.5 Å². The lowest BCUT2D eigenvalue weighted by Gasteiger charge is -2.03. The molecule has 0 fully saturated rings. The fourth-order valence-electron chi connectivity index (χ4n) is 0.764. The molecule has 0 saturated heterocycles. The maximum atomic E-state index is 11.3. The molecule has 0 aliphatic carbocycles. The van der Waals surface area contributed by atoms with Gasteiger partial charge in [-0.15, -0.1) is 0 Å². The highest BCUT2D eigenvalue weighted by molar-refractivity contribution is 9.10. The summed E-state index contributed by atoms with van der Waals surface area (Å²) in [5.41, 5.74) is 2.09. The number of hydroxylamine groups is 1. The quantitative estimate of drug-likeness (QED) is 0.785. The molecule has 15 heavy (non-hydrogen) atoms. The molecule has 0 aliphatic heterocycles. The third-order valence-electron chi connectivity index (χ3n) is 1.33. The SMILES string of the molecule is O=C(O)CONC(=O)c1ncccc1Br. The van der Waals surface area contributed by atoms with E-state index in [1.165, 1.54) is 6.20 Å². The van der Waals surface area contributed by atoms with Crippen molar-refractivity contribution in [1.29, 1.82) is 0 Å². The molecule has 0 spiro atoms. The van der Waals surface area contributed by atoms with Crippen molar-refractivity contribution in [2.75, 3.05) is 6.61 Å². The topological polar surface area (TPSA) is 88.5 Å². The number of carboxylic acids is 1. The fraction of sp³-hybridized carbons (Fsp3) is 0.125. The second-order valence-corrected chi connectivity index (χ2v) is 3.30. The number of carbonyl (C=O) groups is 2. The summed E-state index contributed by atoms with van der Waals surface area (Å²) in [5, 5.41) is 8.25. The summed E-state index contributed by atoms with van der Waals surface area (Å²) in [4.78, 5) is 29.6. The van der Waals surface area contributed by atoms with Crippen LogP contribution in [0.1, 0.15) is 10.5 Å². The van der Waals surface area contributed by atoms with E-state index in [1.54, 1.807) is 12.1 Å². The molecule has 0 bridgehead atoms. The molecule has 6 nitrogen and oxygen atoms in total. The molecular weight excluding hydrogens is 268 g/mol. The number of amides is 1. The van der Waals surface area contributed by atoms with Gasteiger partial charge in [-0.3, -0.25) is 9.63 Å². The Hall–Kier alpha value is -1.47. The fourth-order valence-corrected chi connectivity index (χ4v) is 1.20. The van der Waals surface area contributed by atoms with Crippen LogP contribution in [-0.2, 0) is 9.63 Å². The van der Waals surface area contributed by atoms with Crippen molar-refractivity contribution in [2.24, 2.45) is 0 Å². The minimum absolute atomic E-state index is 0.128. The number of aromatic nitrogens is 1. The number of halogens is 1. The molecule has 1 amide bonds. The molecule has 1 rings (SSSR count). The Bertz CT molecular complexity index is 383. The first-order valence-corrected chi connectivity index (χ1v) is 4.65. The minimum Gasteiger partial charge on any atom is -0.479 e. The number of hydrogen-bond acceptors (Lipinski definition) is 4. The number of pyridine rings is 1. The predicted octanol–water partition coefficient (Wildman–Crippen LogP) is 0.590. The molecule has 0 atom stereocenters. The van der Waals surface area contributed by atoms with E-state index in [0.29, 0.717) is 4.47 Å². The van der Waals surface area contributed by atoms with Crippen LogP contribution < -0.4 is 5.48 Å². The smallest absolute Gasteiger partial charge is 0.332 e. The normalized spacial score (nSPS) is 9.67. The average molecular weight is 275 g/mol. The second-order valence-electron chi connectivity index (χ2n) is 2.45. The van der Waals surface area contributed by atoms with Gasteiger partial charge >= 0.3 is 5.97 Å². The summed E-state index contributed by atoms with van der Waals surface area (Å²) >= 11 is 3.12. The van der Waals surface area contributed by atoms with Gasteiger partial charge in [-0.05, 0) is 28.1 Å². The Labute approximate surface area is 93.3 Å². The Balaban J connectivity index is 2.54. The van der Waals surface area contributed by atoms with E-state index in [-0.39, 0.29) is 5.69 Å². The summed E-state index contributed by atoms with van der Waals surface area (Å²) in [7, 11) is 0. The van der Waals surface area contributed by atoms with Crippen LogP contribution in [0.5, 0.6) is 0 Å². The number of nitrogens with zero attached hydrogens (tertiary/aromatic N) is 1. The number of aliphatic carboxylic acids is 1. The number of rotatable bonds is 4. The number of carboxylic acid groups (broad SMARTS) is 1. The van der Waals surface area contributed by atoms with Crippen molar-refractivity contribution >= 4 is 27.8 Å². The molecular formula is C8H7BrN2O4. The highest BCUT2D eigenvalue weighted by Crippen LogP contribution is 2.12. The lowest BCUT2D eigenvalue weighted by Crippen LogP contribution is -2.27. The Morgan fingerprint density at radius 1 is 1.60 bits per heavy atom. The standard InChI is InChI=1S/C8H7BrN2O4/c9-5-2-1-3-10-7(5)8(14)11-15-4-6(12)13/h1-3H,4H2,(H,11,14)(H,12,13). The lowest BCUT2D eigenvalue weighted by atomic mass is 10.3. The molecule has 0 saturated carbocycles. The average Bonchev–Trinajstić information content (AvgIpc) is 2.17. The number of carbonyl (C=O) groups excluding carboxylic acids is 1. The van der Waals surface area contributed by atoms with Crippen LogP contribution in [0.25, 0.3) is 0 Å². The van der Waals surface area contributed by atoms with Crippen molar-refractivity contribution in [3.8, 4) is 0 Å². The zero-order valence-electron chi connectivity index (χ0n) is 7.44. The maximum Gasteiger partial charge on any atom is 0.332 e. The molecule has 1 aromatic rings. The van der Waals surface area contributed by atoms with Gasteiger partial charge in [0.25, 0.3) is 5.91 Å². The van der Waals surface area contributed by atoms with Crippen molar-refractivity contribution in [3.63, 3.8) is 0 Å². The third kappa shape index (κ3) is 3.64. The van der Waals surface area contributed by atoms with E-state index in [4.69, 9.17) is 5.11 Å². The van der Waals surface area contributed by atoms with Gasteiger partial charge in [-0.1, -0.05) is 0 Å². The Morgan fingerprint density at radius 2 is 2.33 bits per heavy atom. The first-order chi connectivity index (χ1) is 7.11. The van der Waals surface area contributed by atoms with Gasteiger partial charge in [0.05, 0.1) is 0 Å². The molecule has 2 N–H and O–H groups in total. The lowest BCUT2D eigenvalue weighted by molar-refractivity contribution is -0.144. The molecule has 1 heterocycles. The third-order valence-corrected chi connectivity index (χ3v) is 1.97. The van der Waals surface area contributed by atoms with Crippen LogP contribution in [0.2, 0.25) is 0 Å². The summed E-state index contributed by atoms with van der Waals surface area (Å²) in [6, 6.07) is 3.29. The van der Waals surface area contributed by atoms with Crippen LogP contribution in [0, 0.1) is 0 Å². The summed E-state index contributed by atoms with van der Waals surface area (Å²) in [6.07, 6.45) is 1.44. The van der Waals surface area contributed by atoms with E-state index in [1.807, 2.05) is 5.48 Å². The zero-order valence-corrected chi connectivity index (χ0v) is 9.02. The number of nitrogens with one attached hydrogen (secondary N) is 1. The molecule has 0 unspecified atom stereocenters. The van der Waals surface area contributed by atoms with E-state index < -0.39 is 18.5 Å². The summed E-state index contributed by atoms with van der Waals surface area (Å²) in [5.74, 6) is -1.78. The highest BCUT2D eigenvalue weighted by Gasteiger charge is 2.11. The molecule has 1 aromatic heterocycles. The Morgan fingerprint density at radius 3 is 2.93 bits per heavy atom. The first kappa shape index (κ1) is 11.6. The largest absolute Gasteiger partial charge is 0.479 e.